The number of ketones is 1. The van der Waals surface area contributed by atoms with Crippen molar-refractivity contribution in [2.45, 2.75) is 11.8 Å². The molecule has 0 bridgehead atoms. The number of aromatic hydroxyl groups is 1. The van der Waals surface area contributed by atoms with Crippen LogP contribution in [-0.2, 0) is 16.5 Å². The summed E-state index contributed by atoms with van der Waals surface area (Å²) in [6, 6.07) is 5.21. The Morgan fingerprint density at radius 1 is 1.50 bits per heavy atom. The number of rotatable bonds is 4. The summed E-state index contributed by atoms with van der Waals surface area (Å²) in [5.74, 6) is 0.181. The molecule has 0 aliphatic rings. The zero-order valence-corrected chi connectivity index (χ0v) is 9.81. The zero-order chi connectivity index (χ0) is 10.6. The number of halogens is 2. The summed E-state index contributed by atoms with van der Waals surface area (Å²) in [6.45, 7) is 0. The van der Waals surface area contributed by atoms with E-state index in [-0.39, 0.29) is 23.8 Å². The Bertz CT molecular complexity index is 339. The molecule has 1 aromatic rings. The van der Waals surface area contributed by atoms with Gasteiger partial charge >= 0.3 is 0 Å². The molecule has 0 spiro atoms. The lowest BCUT2D eigenvalue weighted by Crippen LogP contribution is -2.03. The average molecular weight is 278 g/mol. The number of hydrogen-bond acceptors (Lipinski definition) is 2. The maximum Gasteiger partial charge on any atom is 0.151 e. The van der Waals surface area contributed by atoms with Crippen LogP contribution in [0.2, 0.25) is 0 Å². The number of hydrogen-bond donors (Lipinski definition) is 1. The molecule has 0 fully saturated rings. The number of benzene rings is 1. The summed E-state index contributed by atoms with van der Waals surface area (Å²) in [5, 5.41) is 10.1. The van der Waals surface area contributed by atoms with Crippen LogP contribution in [0.5, 0.6) is 5.75 Å². The van der Waals surface area contributed by atoms with Crippen LogP contribution in [0.25, 0.3) is 0 Å². The molecule has 1 rings (SSSR count). The van der Waals surface area contributed by atoms with E-state index in [4.69, 9.17) is 11.6 Å². The molecule has 0 aliphatic heterocycles. The summed E-state index contributed by atoms with van der Waals surface area (Å²) in [4.78, 5) is 11.0. The number of carbonyl (C=O) groups is 1. The van der Waals surface area contributed by atoms with Crippen molar-refractivity contribution in [2.24, 2.45) is 0 Å². The number of Topliss-reactive ketones (excluding diaryl/α,β-unsaturated/α-hetero) is 1. The fourth-order valence-electron chi connectivity index (χ4n) is 1.11. The van der Waals surface area contributed by atoms with Gasteiger partial charge in [0, 0.05) is 17.3 Å². The minimum Gasteiger partial charge on any atom is -0.508 e. The van der Waals surface area contributed by atoms with E-state index < -0.39 is 0 Å². The van der Waals surface area contributed by atoms with Gasteiger partial charge in [-0.2, -0.15) is 0 Å². The van der Waals surface area contributed by atoms with Crippen LogP contribution in [0.3, 0.4) is 0 Å². The largest absolute Gasteiger partial charge is 0.508 e. The van der Waals surface area contributed by atoms with Gasteiger partial charge in [-0.15, -0.1) is 11.6 Å². The molecule has 4 heteroatoms. The lowest BCUT2D eigenvalue weighted by atomic mass is 10.1. The number of alkyl halides is 2. The topological polar surface area (TPSA) is 37.3 Å². The first-order valence-electron chi connectivity index (χ1n) is 4.11. The van der Waals surface area contributed by atoms with Gasteiger partial charge < -0.3 is 5.11 Å². The summed E-state index contributed by atoms with van der Waals surface area (Å²) in [7, 11) is 0. The lowest BCUT2D eigenvalue weighted by Gasteiger charge is -2.03. The fourth-order valence-corrected chi connectivity index (χ4v) is 1.68. The minimum atomic E-state index is -0.0438. The Labute approximate surface area is 96.0 Å². The van der Waals surface area contributed by atoms with Gasteiger partial charge in [-0.25, -0.2) is 0 Å². The van der Waals surface area contributed by atoms with E-state index in [1.807, 2.05) is 6.07 Å². The molecule has 76 valence electrons. The second-order valence-corrected chi connectivity index (χ2v) is 3.77. The van der Waals surface area contributed by atoms with Crippen molar-refractivity contribution in [2.75, 3.05) is 5.88 Å². The molecule has 2 nitrogen and oxygen atoms in total. The smallest absolute Gasteiger partial charge is 0.151 e. The lowest BCUT2D eigenvalue weighted by molar-refractivity contribution is -0.116. The first-order valence-corrected chi connectivity index (χ1v) is 5.77. The number of phenolic OH excluding ortho intramolecular Hbond substituents is 1. The van der Waals surface area contributed by atoms with E-state index in [2.05, 4.69) is 15.9 Å². The normalized spacial score (nSPS) is 10.1. The summed E-state index contributed by atoms with van der Waals surface area (Å²) in [6.07, 6.45) is 0.277. The molecule has 0 unspecified atom stereocenters. The van der Waals surface area contributed by atoms with E-state index in [1.54, 1.807) is 12.1 Å². The Morgan fingerprint density at radius 2 is 2.21 bits per heavy atom. The third kappa shape index (κ3) is 3.00. The summed E-state index contributed by atoms with van der Waals surface area (Å²) >= 11 is 8.63. The van der Waals surface area contributed by atoms with Gasteiger partial charge in [0.05, 0.1) is 5.88 Å². The highest BCUT2D eigenvalue weighted by Crippen LogP contribution is 2.21. The Balaban J connectivity index is 2.81. The van der Waals surface area contributed by atoms with Crippen molar-refractivity contribution in [3.63, 3.8) is 0 Å². The van der Waals surface area contributed by atoms with Crippen molar-refractivity contribution in [1.82, 2.24) is 0 Å². The van der Waals surface area contributed by atoms with E-state index in [1.165, 1.54) is 0 Å². The SMILES string of the molecule is O=C(CCl)Cc1ccc(CBr)c(O)c1. The van der Waals surface area contributed by atoms with E-state index in [9.17, 15) is 9.90 Å². The molecule has 0 aliphatic carbocycles. The molecule has 0 saturated carbocycles. The van der Waals surface area contributed by atoms with Gasteiger partial charge in [0.2, 0.25) is 0 Å². The molecule has 0 aromatic heterocycles. The predicted molar refractivity (Wildman–Crippen MR) is 60.2 cm³/mol. The Hall–Kier alpha value is -0.540. The van der Waals surface area contributed by atoms with Crippen molar-refractivity contribution in [3.05, 3.63) is 29.3 Å². The van der Waals surface area contributed by atoms with Crippen molar-refractivity contribution < 1.29 is 9.90 Å². The van der Waals surface area contributed by atoms with Crippen LogP contribution < -0.4 is 0 Å². The van der Waals surface area contributed by atoms with Crippen molar-refractivity contribution in [3.8, 4) is 5.75 Å². The molecule has 0 radical (unpaired) electrons. The van der Waals surface area contributed by atoms with Gasteiger partial charge in [0.1, 0.15) is 5.75 Å². The molecular weight excluding hydrogens is 267 g/mol. The molecular formula is C10H10BrClO2. The standard InChI is InChI=1S/C10H10BrClO2/c11-5-8-2-1-7(4-10(8)14)3-9(13)6-12/h1-2,4,14H,3,5-6H2. The molecule has 0 saturated heterocycles. The van der Waals surface area contributed by atoms with Gasteiger partial charge in [-0.3, -0.25) is 4.79 Å². The summed E-state index contributed by atoms with van der Waals surface area (Å²) < 4.78 is 0. The van der Waals surface area contributed by atoms with Crippen LogP contribution in [0.15, 0.2) is 18.2 Å². The molecule has 14 heavy (non-hydrogen) atoms. The molecule has 0 amide bonds. The second-order valence-electron chi connectivity index (χ2n) is 2.95. The molecule has 1 N–H and O–H groups in total. The second kappa shape index (κ2) is 5.37. The van der Waals surface area contributed by atoms with E-state index in [0.29, 0.717) is 5.33 Å². The Kier molecular flexibility index (Phi) is 4.42. The van der Waals surface area contributed by atoms with Crippen molar-refractivity contribution in [1.29, 1.82) is 0 Å². The van der Waals surface area contributed by atoms with Crippen LogP contribution in [0.1, 0.15) is 11.1 Å². The average Bonchev–Trinajstić information content (AvgIpc) is 2.18. The van der Waals surface area contributed by atoms with Gasteiger partial charge in [-0.05, 0) is 11.6 Å². The molecule has 0 atom stereocenters. The quantitative estimate of drug-likeness (QED) is 0.859. The number of phenols is 1. The molecule has 1 aromatic carbocycles. The maximum absolute atomic E-state index is 11.0. The van der Waals surface area contributed by atoms with Crippen LogP contribution in [-0.4, -0.2) is 16.8 Å². The van der Waals surface area contributed by atoms with Gasteiger partial charge in [0.15, 0.2) is 5.78 Å². The first kappa shape index (κ1) is 11.5. The predicted octanol–water partition coefficient (Wildman–Crippen LogP) is 2.64. The minimum absolute atomic E-state index is 0.0148. The van der Waals surface area contributed by atoms with Crippen molar-refractivity contribution >= 4 is 33.3 Å². The first-order chi connectivity index (χ1) is 6.67. The van der Waals surface area contributed by atoms with Crippen LogP contribution >= 0.6 is 27.5 Å². The summed E-state index contributed by atoms with van der Waals surface area (Å²) in [5.41, 5.74) is 1.60. The highest BCUT2D eigenvalue weighted by atomic mass is 79.9. The van der Waals surface area contributed by atoms with Gasteiger partial charge in [-0.1, -0.05) is 28.1 Å². The highest BCUT2D eigenvalue weighted by Gasteiger charge is 2.05. The zero-order valence-electron chi connectivity index (χ0n) is 7.46. The number of carbonyl (C=O) groups excluding carboxylic acids is 1. The third-order valence-electron chi connectivity index (χ3n) is 1.84. The fraction of sp³-hybridized carbons (Fsp3) is 0.300. The monoisotopic (exact) mass is 276 g/mol. The Morgan fingerprint density at radius 3 is 2.71 bits per heavy atom. The van der Waals surface area contributed by atoms with E-state index in [0.717, 1.165) is 11.1 Å². The third-order valence-corrected chi connectivity index (χ3v) is 2.75. The van der Waals surface area contributed by atoms with Gasteiger partial charge in [0.25, 0.3) is 0 Å². The van der Waals surface area contributed by atoms with Crippen LogP contribution in [0.4, 0.5) is 0 Å². The van der Waals surface area contributed by atoms with Crippen LogP contribution in [0, 0.1) is 0 Å². The van der Waals surface area contributed by atoms with E-state index >= 15 is 0 Å². The highest BCUT2D eigenvalue weighted by molar-refractivity contribution is 9.08. The molecule has 0 heterocycles. The maximum atomic E-state index is 11.0.